The molecule has 10 heteroatoms. The number of benzene rings is 1. The minimum Gasteiger partial charge on any atom is -0.492 e. The van der Waals surface area contributed by atoms with Gasteiger partial charge in [0.05, 0.1) is 20.3 Å². The van der Waals surface area contributed by atoms with Crippen LogP contribution in [-0.4, -0.2) is 72.5 Å². The molecule has 2 aliphatic heterocycles. The number of amides is 3. The number of aromatic nitrogens is 1. The molecule has 10 nitrogen and oxygen atoms in total. The second kappa shape index (κ2) is 10.4. The van der Waals surface area contributed by atoms with Crippen molar-refractivity contribution in [3.05, 3.63) is 29.5 Å². The summed E-state index contributed by atoms with van der Waals surface area (Å²) in [6.07, 6.45) is 2.46. The third-order valence-corrected chi connectivity index (χ3v) is 6.66. The molecule has 35 heavy (non-hydrogen) atoms. The lowest BCUT2D eigenvalue weighted by Crippen LogP contribution is -2.54. The summed E-state index contributed by atoms with van der Waals surface area (Å²) >= 11 is 0. The average Bonchev–Trinajstić information content (AvgIpc) is 3.49. The molecule has 4 rings (SSSR count). The molecule has 0 radical (unpaired) electrons. The first-order chi connectivity index (χ1) is 16.8. The molecule has 2 atom stereocenters. The molecule has 1 aromatic heterocycles. The lowest BCUT2D eigenvalue weighted by Gasteiger charge is -2.35. The summed E-state index contributed by atoms with van der Waals surface area (Å²) in [6.45, 7) is 4.50. The smallest absolute Gasteiger partial charge is 0.328 e. The number of nitrogens with zero attached hydrogens (tertiary/aromatic N) is 1. The van der Waals surface area contributed by atoms with Gasteiger partial charge in [-0.05, 0) is 50.8 Å². The number of esters is 1. The number of rotatable bonds is 8. The highest BCUT2D eigenvalue weighted by atomic mass is 16.5. The van der Waals surface area contributed by atoms with Crippen molar-refractivity contribution in [3.8, 4) is 5.75 Å². The molecule has 3 heterocycles. The fourth-order valence-corrected chi connectivity index (χ4v) is 4.93. The lowest BCUT2D eigenvalue weighted by atomic mass is 9.90. The number of carbonyl (C=O) groups is 4. The number of hydrogen-bond acceptors (Lipinski definition) is 6. The van der Waals surface area contributed by atoms with E-state index in [0.29, 0.717) is 25.3 Å². The van der Waals surface area contributed by atoms with E-state index in [1.165, 1.54) is 12.0 Å². The Kier molecular flexibility index (Phi) is 7.28. The number of hydrogen-bond donors (Lipinski definition) is 3. The minimum absolute atomic E-state index is 0.121. The first-order valence-corrected chi connectivity index (χ1v) is 12.0. The number of fused-ring (bicyclic) bond motifs is 3. The number of aromatic amines is 1. The molecule has 0 bridgehead atoms. The lowest BCUT2D eigenvalue weighted by molar-refractivity contribution is -0.155. The highest BCUT2D eigenvalue weighted by molar-refractivity contribution is 6.01. The van der Waals surface area contributed by atoms with E-state index in [1.54, 1.807) is 19.9 Å². The van der Waals surface area contributed by atoms with Crippen LogP contribution < -0.4 is 15.4 Å². The van der Waals surface area contributed by atoms with E-state index in [2.05, 4.69) is 15.6 Å². The van der Waals surface area contributed by atoms with Crippen LogP contribution in [0.25, 0.3) is 10.9 Å². The molecule has 2 aromatic rings. The van der Waals surface area contributed by atoms with Gasteiger partial charge < -0.3 is 30.0 Å². The van der Waals surface area contributed by atoms with Gasteiger partial charge in [-0.2, -0.15) is 0 Å². The molecule has 0 spiro atoms. The summed E-state index contributed by atoms with van der Waals surface area (Å²) in [5.74, 6) is -1.17. The number of H-pyrrole nitrogens is 1. The molecule has 0 aliphatic carbocycles. The van der Waals surface area contributed by atoms with Crippen molar-refractivity contribution in [3.63, 3.8) is 0 Å². The normalized spacial score (nSPS) is 17.9. The van der Waals surface area contributed by atoms with Crippen LogP contribution >= 0.6 is 0 Å². The fourth-order valence-electron chi connectivity index (χ4n) is 4.93. The average molecular weight is 485 g/mol. The highest BCUT2D eigenvalue weighted by Crippen LogP contribution is 2.34. The van der Waals surface area contributed by atoms with E-state index in [0.717, 1.165) is 35.1 Å². The Morgan fingerprint density at radius 3 is 2.80 bits per heavy atom. The Labute approximate surface area is 203 Å². The van der Waals surface area contributed by atoms with Crippen molar-refractivity contribution in [2.45, 2.75) is 51.6 Å². The van der Waals surface area contributed by atoms with Crippen LogP contribution in [-0.2, 0) is 25.5 Å². The second-order valence-corrected chi connectivity index (χ2v) is 9.28. The van der Waals surface area contributed by atoms with Crippen LogP contribution in [0.1, 0.15) is 49.2 Å². The number of methoxy groups -OCH3 is 1. The number of ether oxygens (including phenoxy) is 2. The van der Waals surface area contributed by atoms with Gasteiger partial charge in [-0.1, -0.05) is 6.07 Å². The molecular weight excluding hydrogens is 452 g/mol. The molecule has 2 aliphatic rings. The largest absolute Gasteiger partial charge is 0.492 e. The molecule has 0 unspecified atom stereocenters. The van der Waals surface area contributed by atoms with E-state index in [1.807, 2.05) is 12.1 Å². The first kappa shape index (κ1) is 24.6. The second-order valence-electron chi connectivity index (χ2n) is 9.28. The van der Waals surface area contributed by atoms with Crippen LogP contribution in [0.4, 0.5) is 0 Å². The van der Waals surface area contributed by atoms with Gasteiger partial charge >= 0.3 is 5.97 Å². The van der Waals surface area contributed by atoms with Crippen molar-refractivity contribution in [2.24, 2.45) is 5.92 Å². The van der Waals surface area contributed by atoms with E-state index in [4.69, 9.17) is 9.47 Å². The minimum atomic E-state index is -0.925. The zero-order chi connectivity index (χ0) is 25.1. The van der Waals surface area contributed by atoms with Crippen LogP contribution in [0.3, 0.4) is 0 Å². The predicted molar refractivity (Wildman–Crippen MR) is 128 cm³/mol. The molecule has 3 amide bonds. The summed E-state index contributed by atoms with van der Waals surface area (Å²) in [7, 11) is 1.26. The Morgan fingerprint density at radius 1 is 1.29 bits per heavy atom. The Balaban J connectivity index is 1.46. The molecular formula is C25H32N4O6. The van der Waals surface area contributed by atoms with E-state index in [-0.39, 0.29) is 30.8 Å². The molecule has 1 aromatic carbocycles. The van der Waals surface area contributed by atoms with Gasteiger partial charge in [0.25, 0.3) is 5.91 Å². The maximum Gasteiger partial charge on any atom is 0.328 e. The molecule has 1 fully saturated rings. The Bertz CT molecular complexity index is 1140. The fraction of sp³-hybridized carbons (Fsp3) is 0.520. The van der Waals surface area contributed by atoms with Gasteiger partial charge in [0.15, 0.2) is 0 Å². The summed E-state index contributed by atoms with van der Waals surface area (Å²) in [5, 5.41) is 6.30. The van der Waals surface area contributed by atoms with E-state index in [9.17, 15) is 19.2 Å². The topological polar surface area (TPSA) is 130 Å². The zero-order valence-corrected chi connectivity index (χ0v) is 20.3. The van der Waals surface area contributed by atoms with Gasteiger partial charge in [0, 0.05) is 35.8 Å². The third kappa shape index (κ3) is 5.11. The van der Waals surface area contributed by atoms with Crippen molar-refractivity contribution in [2.75, 3.05) is 26.8 Å². The van der Waals surface area contributed by atoms with E-state index >= 15 is 0 Å². The van der Waals surface area contributed by atoms with Gasteiger partial charge in [0.2, 0.25) is 11.8 Å². The van der Waals surface area contributed by atoms with Crippen LogP contribution in [0.15, 0.2) is 18.2 Å². The first-order valence-electron chi connectivity index (χ1n) is 12.0. The molecule has 188 valence electrons. The van der Waals surface area contributed by atoms with Crippen molar-refractivity contribution < 1.29 is 28.7 Å². The maximum atomic E-state index is 13.2. The van der Waals surface area contributed by atoms with Gasteiger partial charge in [-0.15, -0.1) is 0 Å². The monoisotopic (exact) mass is 484 g/mol. The third-order valence-electron chi connectivity index (χ3n) is 6.66. The quantitative estimate of drug-likeness (QED) is 0.487. The summed E-state index contributed by atoms with van der Waals surface area (Å²) in [5.41, 5.74) is 2.20. The molecule has 1 saturated heterocycles. The molecule has 3 N–H and O–H groups in total. The van der Waals surface area contributed by atoms with Crippen molar-refractivity contribution >= 4 is 34.6 Å². The Hall–Kier alpha value is -3.56. The molecule has 0 saturated carbocycles. The van der Waals surface area contributed by atoms with Gasteiger partial charge in [-0.25, -0.2) is 4.79 Å². The standard InChI is InChI=1S/C25H32N4O6/c1-14(2)29(20(25(33)34-3)11-16-5-4-9-26-23(16)31)21(30)13-27-24(32)19-12-17-18(28-19)7-6-15-8-10-35-22(15)17/h6-7,12,14,16,20,28H,4-5,8-11,13H2,1-3H3,(H,26,31)(H,27,32)/t16-,20-/m0/s1. The van der Waals surface area contributed by atoms with Crippen LogP contribution in [0.5, 0.6) is 5.75 Å². The summed E-state index contributed by atoms with van der Waals surface area (Å²) in [4.78, 5) is 55.4. The number of carbonyl (C=O) groups excluding carboxylic acids is 4. The SMILES string of the molecule is COC(=O)[C@H](C[C@@H]1CCCNC1=O)N(C(=O)CNC(=O)c1cc2c3c(ccc2[nH]1)CCO3)C(C)C. The highest BCUT2D eigenvalue weighted by Gasteiger charge is 2.37. The van der Waals surface area contributed by atoms with E-state index < -0.39 is 23.8 Å². The van der Waals surface area contributed by atoms with Gasteiger partial charge in [0.1, 0.15) is 17.5 Å². The van der Waals surface area contributed by atoms with Crippen LogP contribution in [0, 0.1) is 5.92 Å². The van der Waals surface area contributed by atoms with Crippen LogP contribution in [0.2, 0.25) is 0 Å². The maximum absolute atomic E-state index is 13.2. The Morgan fingerprint density at radius 2 is 2.09 bits per heavy atom. The predicted octanol–water partition coefficient (Wildman–Crippen LogP) is 1.53. The van der Waals surface area contributed by atoms with Gasteiger partial charge in [-0.3, -0.25) is 14.4 Å². The van der Waals surface area contributed by atoms with Crippen molar-refractivity contribution in [1.82, 2.24) is 20.5 Å². The van der Waals surface area contributed by atoms with Crippen molar-refractivity contribution in [1.29, 1.82) is 0 Å². The summed E-state index contributed by atoms with van der Waals surface area (Å²) < 4.78 is 10.7. The number of piperidine rings is 1. The summed E-state index contributed by atoms with van der Waals surface area (Å²) in [6, 6.07) is 4.34. The zero-order valence-electron chi connectivity index (χ0n) is 20.3. The number of nitrogens with one attached hydrogen (secondary N) is 3.